The molecule has 3 nitrogen and oxygen atoms in total. The van der Waals surface area contributed by atoms with E-state index in [0.29, 0.717) is 6.61 Å². The minimum absolute atomic E-state index is 0.0268. The molecule has 4 heteroatoms. The average Bonchev–Trinajstić information content (AvgIpc) is 3.34. The number of imidazole rings is 1. The Hall–Kier alpha value is -3.56. The molecule has 0 aliphatic heterocycles. The Labute approximate surface area is 186 Å². The zero-order valence-corrected chi connectivity index (χ0v) is 17.6. The summed E-state index contributed by atoms with van der Waals surface area (Å²) in [6.45, 7) is 0.505. The fourth-order valence-electron chi connectivity index (χ4n) is 3.92. The van der Waals surface area contributed by atoms with E-state index in [1.54, 1.807) is 0 Å². The van der Waals surface area contributed by atoms with Crippen LogP contribution in [-0.4, -0.2) is 9.55 Å². The number of fused-ring (bicyclic) bond motifs is 1. The summed E-state index contributed by atoms with van der Waals surface area (Å²) in [5.41, 5.74) is 3.50. The van der Waals surface area contributed by atoms with Crippen LogP contribution in [0.2, 0.25) is 5.02 Å². The number of rotatable bonds is 6. The van der Waals surface area contributed by atoms with Gasteiger partial charge in [-0.05, 0) is 51.7 Å². The molecule has 5 aromatic rings. The third-order valence-electron chi connectivity index (χ3n) is 5.46. The standard InChI is InChI=1S/C27H21ClN2O/c28-23-12-8-20(9-13-23)18-31-24-14-10-22(11-15-24)27(30-17-16-29-19-30)26-7-3-5-21-4-1-2-6-25(21)26/h1-17,19,27H,18H2. The lowest BCUT2D eigenvalue weighted by Gasteiger charge is -2.22. The van der Waals surface area contributed by atoms with Crippen molar-refractivity contribution >= 4 is 22.4 Å². The van der Waals surface area contributed by atoms with E-state index in [0.717, 1.165) is 16.3 Å². The number of nitrogens with zero attached hydrogens (tertiary/aromatic N) is 2. The van der Waals surface area contributed by atoms with Crippen molar-refractivity contribution in [2.75, 3.05) is 0 Å². The Morgan fingerprint density at radius 1 is 0.839 bits per heavy atom. The number of ether oxygens (including phenoxy) is 1. The summed E-state index contributed by atoms with van der Waals surface area (Å²) < 4.78 is 8.12. The number of hydrogen-bond donors (Lipinski definition) is 0. The first-order valence-corrected chi connectivity index (χ1v) is 10.6. The van der Waals surface area contributed by atoms with E-state index in [1.807, 2.05) is 55.1 Å². The lowest BCUT2D eigenvalue weighted by molar-refractivity contribution is 0.306. The maximum absolute atomic E-state index is 5.97. The van der Waals surface area contributed by atoms with Crippen molar-refractivity contribution in [3.8, 4) is 5.75 Å². The molecule has 0 saturated heterocycles. The minimum Gasteiger partial charge on any atom is -0.489 e. The first-order valence-electron chi connectivity index (χ1n) is 10.2. The zero-order valence-electron chi connectivity index (χ0n) is 16.9. The molecule has 0 bridgehead atoms. The van der Waals surface area contributed by atoms with E-state index in [9.17, 15) is 0 Å². The lowest BCUT2D eigenvalue weighted by Crippen LogP contribution is -2.11. The SMILES string of the molecule is Clc1ccc(COc2ccc(C(c3cccc4ccccc34)n3ccnc3)cc2)cc1. The van der Waals surface area contributed by atoms with E-state index in [4.69, 9.17) is 16.3 Å². The van der Waals surface area contributed by atoms with Crippen LogP contribution in [0.1, 0.15) is 22.7 Å². The molecular formula is C27H21ClN2O. The Balaban J connectivity index is 1.46. The molecule has 1 heterocycles. The molecule has 0 saturated carbocycles. The molecule has 1 unspecified atom stereocenters. The molecule has 152 valence electrons. The third-order valence-corrected chi connectivity index (χ3v) is 5.71. The molecule has 5 rings (SSSR count). The summed E-state index contributed by atoms with van der Waals surface area (Å²) in [4.78, 5) is 4.29. The topological polar surface area (TPSA) is 27.1 Å². The van der Waals surface area contributed by atoms with Crippen molar-refractivity contribution in [2.45, 2.75) is 12.6 Å². The van der Waals surface area contributed by atoms with Gasteiger partial charge in [0.1, 0.15) is 12.4 Å². The van der Waals surface area contributed by atoms with Crippen LogP contribution in [0.3, 0.4) is 0 Å². The van der Waals surface area contributed by atoms with Crippen molar-refractivity contribution < 1.29 is 4.74 Å². The summed E-state index contributed by atoms with van der Waals surface area (Å²) in [5.74, 6) is 0.834. The van der Waals surface area contributed by atoms with Crippen LogP contribution in [0, 0.1) is 0 Å². The second-order valence-corrected chi connectivity index (χ2v) is 7.90. The minimum atomic E-state index is 0.0268. The molecule has 0 radical (unpaired) electrons. The van der Waals surface area contributed by atoms with Gasteiger partial charge in [0, 0.05) is 17.4 Å². The van der Waals surface area contributed by atoms with Crippen molar-refractivity contribution in [1.82, 2.24) is 9.55 Å². The second-order valence-electron chi connectivity index (χ2n) is 7.46. The number of aromatic nitrogens is 2. The van der Waals surface area contributed by atoms with Crippen LogP contribution in [0.25, 0.3) is 10.8 Å². The van der Waals surface area contributed by atoms with Gasteiger partial charge >= 0.3 is 0 Å². The molecule has 0 aliphatic carbocycles. The molecule has 0 fully saturated rings. The average molecular weight is 425 g/mol. The zero-order chi connectivity index (χ0) is 21.0. The number of halogens is 1. The lowest BCUT2D eigenvalue weighted by atomic mass is 9.93. The maximum Gasteiger partial charge on any atom is 0.119 e. The van der Waals surface area contributed by atoms with Gasteiger partial charge in [-0.1, -0.05) is 78.3 Å². The first-order chi connectivity index (χ1) is 15.3. The maximum atomic E-state index is 5.97. The summed E-state index contributed by atoms with van der Waals surface area (Å²) in [5, 5.41) is 3.20. The summed E-state index contributed by atoms with van der Waals surface area (Å²) in [6, 6.07) is 31.0. The van der Waals surface area contributed by atoms with Gasteiger partial charge in [-0.25, -0.2) is 4.98 Å². The van der Waals surface area contributed by atoms with E-state index < -0.39 is 0 Å². The molecular weight excluding hydrogens is 404 g/mol. The predicted octanol–water partition coefficient (Wildman–Crippen LogP) is 6.91. The normalized spacial score (nSPS) is 12.0. The van der Waals surface area contributed by atoms with E-state index in [2.05, 4.69) is 64.1 Å². The smallest absolute Gasteiger partial charge is 0.119 e. The van der Waals surface area contributed by atoms with E-state index in [1.165, 1.54) is 21.9 Å². The van der Waals surface area contributed by atoms with Gasteiger partial charge in [0.2, 0.25) is 0 Å². The fraction of sp³-hybridized carbons (Fsp3) is 0.0741. The van der Waals surface area contributed by atoms with Crippen LogP contribution in [-0.2, 0) is 6.61 Å². The largest absolute Gasteiger partial charge is 0.489 e. The van der Waals surface area contributed by atoms with Gasteiger partial charge in [-0.3, -0.25) is 0 Å². The second kappa shape index (κ2) is 8.66. The van der Waals surface area contributed by atoms with Gasteiger partial charge < -0.3 is 9.30 Å². The highest BCUT2D eigenvalue weighted by molar-refractivity contribution is 6.30. The highest BCUT2D eigenvalue weighted by Crippen LogP contribution is 2.33. The molecule has 1 atom stereocenters. The summed E-state index contributed by atoms with van der Waals surface area (Å²) in [6.07, 6.45) is 5.70. The van der Waals surface area contributed by atoms with Gasteiger partial charge in [0.05, 0.1) is 12.4 Å². The van der Waals surface area contributed by atoms with Crippen molar-refractivity contribution in [1.29, 1.82) is 0 Å². The number of hydrogen-bond acceptors (Lipinski definition) is 2. The monoisotopic (exact) mass is 424 g/mol. The Bertz CT molecular complexity index is 1270. The molecule has 31 heavy (non-hydrogen) atoms. The molecule has 1 aromatic heterocycles. The van der Waals surface area contributed by atoms with Crippen molar-refractivity contribution in [3.63, 3.8) is 0 Å². The molecule has 0 amide bonds. The molecule has 0 aliphatic rings. The highest BCUT2D eigenvalue weighted by Gasteiger charge is 2.18. The molecule has 0 spiro atoms. The van der Waals surface area contributed by atoms with Gasteiger partial charge in [-0.15, -0.1) is 0 Å². The Kier molecular flexibility index (Phi) is 5.42. The highest BCUT2D eigenvalue weighted by atomic mass is 35.5. The molecule has 0 N–H and O–H groups in total. The van der Waals surface area contributed by atoms with Crippen LogP contribution < -0.4 is 4.74 Å². The molecule has 4 aromatic carbocycles. The first kappa shape index (κ1) is 19.4. The van der Waals surface area contributed by atoms with Crippen LogP contribution in [0.4, 0.5) is 0 Å². The quantitative estimate of drug-likeness (QED) is 0.296. The summed E-state index contributed by atoms with van der Waals surface area (Å²) >= 11 is 5.96. The van der Waals surface area contributed by atoms with Crippen molar-refractivity contribution in [2.24, 2.45) is 0 Å². The number of benzene rings is 4. The van der Waals surface area contributed by atoms with Crippen LogP contribution >= 0.6 is 11.6 Å². The van der Waals surface area contributed by atoms with Crippen LogP contribution in [0.5, 0.6) is 5.75 Å². The summed E-state index contributed by atoms with van der Waals surface area (Å²) in [7, 11) is 0. The van der Waals surface area contributed by atoms with Gasteiger partial charge in [0.15, 0.2) is 0 Å². The van der Waals surface area contributed by atoms with Gasteiger partial charge in [0.25, 0.3) is 0 Å². The third kappa shape index (κ3) is 4.18. The predicted molar refractivity (Wildman–Crippen MR) is 126 cm³/mol. The van der Waals surface area contributed by atoms with E-state index >= 15 is 0 Å². The Morgan fingerprint density at radius 3 is 2.39 bits per heavy atom. The van der Waals surface area contributed by atoms with Gasteiger partial charge in [-0.2, -0.15) is 0 Å². The van der Waals surface area contributed by atoms with Crippen LogP contribution in [0.15, 0.2) is 110 Å². The van der Waals surface area contributed by atoms with Crippen molar-refractivity contribution in [3.05, 3.63) is 131 Å². The Morgan fingerprint density at radius 2 is 1.61 bits per heavy atom. The van der Waals surface area contributed by atoms with E-state index in [-0.39, 0.29) is 6.04 Å². The fourth-order valence-corrected chi connectivity index (χ4v) is 4.04.